The molecular formula is C7H16BrN. The van der Waals surface area contributed by atoms with Gasteiger partial charge in [-0.05, 0) is 12.8 Å². The SMILES string of the molecule is CCC(CC)NCCBr. The first-order valence-corrected chi connectivity index (χ1v) is 4.76. The molecule has 0 fully saturated rings. The molecule has 0 heterocycles. The quantitative estimate of drug-likeness (QED) is 0.661. The predicted octanol–water partition coefficient (Wildman–Crippen LogP) is 2.16. The fourth-order valence-corrected chi connectivity index (χ4v) is 1.06. The minimum absolute atomic E-state index is 0.725. The van der Waals surface area contributed by atoms with Crippen molar-refractivity contribution in [1.29, 1.82) is 0 Å². The van der Waals surface area contributed by atoms with Crippen molar-refractivity contribution >= 4 is 15.9 Å². The van der Waals surface area contributed by atoms with Gasteiger partial charge in [-0.2, -0.15) is 0 Å². The molecule has 1 N–H and O–H groups in total. The molecule has 0 bridgehead atoms. The van der Waals surface area contributed by atoms with E-state index in [1.807, 2.05) is 0 Å². The van der Waals surface area contributed by atoms with Crippen LogP contribution >= 0.6 is 15.9 Å². The van der Waals surface area contributed by atoms with Crippen LogP contribution in [0.2, 0.25) is 0 Å². The number of halogens is 1. The minimum Gasteiger partial charge on any atom is -0.313 e. The molecular weight excluding hydrogens is 178 g/mol. The highest BCUT2D eigenvalue weighted by atomic mass is 79.9. The zero-order valence-electron chi connectivity index (χ0n) is 6.28. The van der Waals surface area contributed by atoms with E-state index in [9.17, 15) is 0 Å². The molecule has 1 nitrogen and oxygen atoms in total. The van der Waals surface area contributed by atoms with Crippen LogP contribution in [0.3, 0.4) is 0 Å². The molecule has 0 radical (unpaired) electrons. The maximum absolute atomic E-state index is 3.42. The number of hydrogen-bond acceptors (Lipinski definition) is 1. The summed E-state index contributed by atoms with van der Waals surface area (Å²) in [6, 6.07) is 0.725. The van der Waals surface area contributed by atoms with Crippen LogP contribution in [0.15, 0.2) is 0 Å². The van der Waals surface area contributed by atoms with Gasteiger partial charge in [0.05, 0.1) is 0 Å². The standard InChI is InChI=1S/C7H16BrN/c1-3-7(4-2)9-6-5-8/h7,9H,3-6H2,1-2H3. The predicted molar refractivity (Wildman–Crippen MR) is 46.2 cm³/mol. The van der Waals surface area contributed by atoms with Crippen LogP contribution in [0.25, 0.3) is 0 Å². The number of nitrogens with one attached hydrogen (secondary N) is 1. The van der Waals surface area contributed by atoms with Crippen molar-refractivity contribution in [3.05, 3.63) is 0 Å². The smallest absolute Gasteiger partial charge is 0.0157 e. The van der Waals surface area contributed by atoms with E-state index in [4.69, 9.17) is 0 Å². The van der Waals surface area contributed by atoms with Gasteiger partial charge in [0.25, 0.3) is 0 Å². The Kier molecular flexibility index (Phi) is 6.88. The Morgan fingerprint density at radius 1 is 1.33 bits per heavy atom. The van der Waals surface area contributed by atoms with Gasteiger partial charge in [0, 0.05) is 17.9 Å². The third-order valence-electron chi connectivity index (χ3n) is 1.51. The van der Waals surface area contributed by atoms with Gasteiger partial charge in [0.15, 0.2) is 0 Å². The van der Waals surface area contributed by atoms with Crippen molar-refractivity contribution in [1.82, 2.24) is 5.32 Å². The Hall–Kier alpha value is 0.440. The normalized spacial score (nSPS) is 10.7. The monoisotopic (exact) mass is 193 g/mol. The Morgan fingerprint density at radius 2 is 1.89 bits per heavy atom. The summed E-state index contributed by atoms with van der Waals surface area (Å²) in [7, 11) is 0. The molecule has 9 heavy (non-hydrogen) atoms. The van der Waals surface area contributed by atoms with Crippen molar-refractivity contribution in [2.24, 2.45) is 0 Å². The molecule has 0 amide bonds. The summed E-state index contributed by atoms with van der Waals surface area (Å²) in [5.41, 5.74) is 0. The minimum atomic E-state index is 0.725. The second-order valence-electron chi connectivity index (χ2n) is 2.16. The average molecular weight is 194 g/mol. The Labute approximate surface area is 66.3 Å². The third kappa shape index (κ3) is 4.91. The first-order chi connectivity index (χ1) is 4.35. The summed E-state index contributed by atoms with van der Waals surface area (Å²) in [6.45, 7) is 5.52. The molecule has 0 rings (SSSR count). The highest BCUT2D eigenvalue weighted by Crippen LogP contribution is 1.94. The van der Waals surface area contributed by atoms with E-state index in [0.29, 0.717) is 0 Å². The summed E-state index contributed by atoms with van der Waals surface area (Å²) >= 11 is 3.37. The summed E-state index contributed by atoms with van der Waals surface area (Å²) in [5.74, 6) is 0. The molecule has 0 aromatic carbocycles. The van der Waals surface area contributed by atoms with E-state index >= 15 is 0 Å². The lowest BCUT2D eigenvalue weighted by atomic mass is 10.2. The molecule has 0 spiro atoms. The van der Waals surface area contributed by atoms with Crippen LogP contribution in [0.5, 0.6) is 0 Å². The third-order valence-corrected chi connectivity index (χ3v) is 1.91. The lowest BCUT2D eigenvalue weighted by molar-refractivity contribution is 0.502. The van der Waals surface area contributed by atoms with Crippen LogP contribution in [0.4, 0.5) is 0 Å². The second kappa shape index (κ2) is 6.56. The highest BCUT2D eigenvalue weighted by molar-refractivity contribution is 9.09. The maximum atomic E-state index is 3.42. The number of alkyl halides is 1. The number of rotatable bonds is 5. The van der Waals surface area contributed by atoms with E-state index in [1.165, 1.54) is 12.8 Å². The van der Waals surface area contributed by atoms with Crippen molar-refractivity contribution < 1.29 is 0 Å². The number of hydrogen-bond donors (Lipinski definition) is 1. The summed E-state index contributed by atoms with van der Waals surface area (Å²) in [4.78, 5) is 0. The van der Waals surface area contributed by atoms with Gasteiger partial charge in [-0.15, -0.1) is 0 Å². The van der Waals surface area contributed by atoms with Crippen LogP contribution < -0.4 is 5.32 Å². The van der Waals surface area contributed by atoms with E-state index in [-0.39, 0.29) is 0 Å². The van der Waals surface area contributed by atoms with E-state index in [1.54, 1.807) is 0 Å². The Bertz CT molecular complexity index is 52.9. The van der Waals surface area contributed by atoms with Crippen molar-refractivity contribution in [2.45, 2.75) is 32.7 Å². The maximum Gasteiger partial charge on any atom is 0.0157 e. The first-order valence-electron chi connectivity index (χ1n) is 3.64. The molecule has 0 aliphatic carbocycles. The van der Waals surface area contributed by atoms with Crippen molar-refractivity contribution in [3.63, 3.8) is 0 Å². The van der Waals surface area contributed by atoms with Gasteiger partial charge in [0.2, 0.25) is 0 Å². The van der Waals surface area contributed by atoms with Gasteiger partial charge < -0.3 is 5.32 Å². The van der Waals surface area contributed by atoms with Gasteiger partial charge >= 0.3 is 0 Å². The van der Waals surface area contributed by atoms with E-state index in [0.717, 1.165) is 17.9 Å². The topological polar surface area (TPSA) is 12.0 Å². The van der Waals surface area contributed by atoms with Gasteiger partial charge in [-0.3, -0.25) is 0 Å². The molecule has 0 aliphatic rings. The zero-order valence-corrected chi connectivity index (χ0v) is 7.87. The molecule has 0 atom stereocenters. The fraction of sp³-hybridized carbons (Fsp3) is 1.00. The molecule has 0 unspecified atom stereocenters. The molecule has 0 saturated heterocycles. The first kappa shape index (κ1) is 9.44. The molecule has 0 aliphatic heterocycles. The fourth-order valence-electron chi connectivity index (χ4n) is 0.836. The van der Waals surface area contributed by atoms with Crippen LogP contribution in [0.1, 0.15) is 26.7 Å². The second-order valence-corrected chi connectivity index (χ2v) is 2.95. The zero-order chi connectivity index (χ0) is 7.11. The van der Waals surface area contributed by atoms with Crippen LogP contribution in [-0.2, 0) is 0 Å². The van der Waals surface area contributed by atoms with E-state index < -0.39 is 0 Å². The highest BCUT2D eigenvalue weighted by Gasteiger charge is 1.98. The Morgan fingerprint density at radius 3 is 2.22 bits per heavy atom. The Balaban J connectivity index is 3.09. The van der Waals surface area contributed by atoms with Crippen LogP contribution in [0, 0.1) is 0 Å². The largest absolute Gasteiger partial charge is 0.313 e. The lowest BCUT2D eigenvalue weighted by Crippen LogP contribution is -2.29. The summed E-state index contributed by atoms with van der Waals surface area (Å²) in [6.07, 6.45) is 2.48. The van der Waals surface area contributed by atoms with E-state index in [2.05, 4.69) is 35.1 Å². The van der Waals surface area contributed by atoms with Gasteiger partial charge in [0.1, 0.15) is 0 Å². The molecule has 0 aromatic rings. The van der Waals surface area contributed by atoms with Crippen LogP contribution in [-0.4, -0.2) is 17.9 Å². The van der Waals surface area contributed by atoms with Crippen molar-refractivity contribution in [2.75, 3.05) is 11.9 Å². The van der Waals surface area contributed by atoms with Gasteiger partial charge in [-0.1, -0.05) is 29.8 Å². The van der Waals surface area contributed by atoms with Gasteiger partial charge in [-0.25, -0.2) is 0 Å². The summed E-state index contributed by atoms with van der Waals surface area (Å²) < 4.78 is 0. The molecule has 2 heteroatoms. The molecule has 56 valence electrons. The molecule has 0 saturated carbocycles. The average Bonchev–Trinajstić information content (AvgIpc) is 1.91. The van der Waals surface area contributed by atoms with Crippen molar-refractivity contribution in [3.8, 4) is 0 Å². The summed E-state index contributed by atoms with van der Waals surface area (Å²) in [5, 5.41) is 4.48. The molecule has 0 aromatic heterocycles. The lowest BCUT2D eigenvalue weighted by Gasteiger charge is -2.12.